The predicted octanol–water partition coefficient (Wildman–Crippen LogP) is -4.83. The molecule has 7 amide bonds. The maximum Gasteiger partial charge on any atom is 0.328 e. The lowest BCUT2D eigenvalue weighted by Crippen LogP contribution is -2.68. The number of nitrogens with one attached hydrogen (secondary N) is 7. The Hall–Kier alpha value is -6.20. The molecule has 1 fully saturated rings. The minimum Gasteiger partial charge on any atom is -0.508 e. The fraction of sp³-hybridized carbons (Fsp3) is 0.474. The van der Waals surface area contributed by atoms with Crippen LogP contribution < -0.4 is 37.2 Å². The largest absolute Gasteiger partial charge is 0.508 e. The summed E-state index contributed by atoms with van der Waals surface area (Å²) >= 11 is 0. The second-order valence-corrected chi connectivity index (χ2v) is 14.0. The Morgan fingerprint density at radius 1 is 0.650 bits per heavy atom. The van der Waals surface area contributed by atoms with Gasteiger partial charge in [0.1, 0.15) is 60.3 Å². The summed E-state index contributed by atoms with van der Waals surface area (Å²) in [5.41, 5.74) is 0.988. The average Bonchev–Trinajstić information content (AvgIpc) is 3.19. The van der Waals surface area contributed by atoms with Crippen molar-refractivity contribution >= 4 is 47.3 Å². The number of benzene rings is 2. The second-order valence-electron chi connectivity index (χ2n) is 14.0. The van der Waals surface area contributed by atoms with E-state index < -0.39 is 128 Å². The Labute approximate surface area is 343 Å². The highest BCUT2D eigenvalue weighted by molar-refractivity contribution is 5.97. The van der Waals surface area contributed by atoms with E-state index in [1.54, 1.807) is 30.3 Å². The Morgan fingerprint density at radius 2 is 1.18 bits per heavy atom. The molecule has 328 valence electrons. The van der Waals surface area contributed by atoms with Gasteiger partial charge in [0.15, 0.2) is 6.23 Å². The first-order chi connectivity index (χ1) is 28.3. The number of amides is 7. The number of aliphatic hydroxyl groups is 4. The van der Waals surface area contributed by atoms with E-state index in [1.807, 2.05) is 0 Å². The molecule has 2 aromatic rings. The summed E-state index contributed by atoms with van der Waals surface area (Å²) < 4.78 is 5.50. The van der Waals surface area contributed by atoms with Crippen LogP contribution in [-0.2, 0) is 55.9 Å². The number of phenols is 1. The van der Waals surface area contributed by atoms with Crippen molar-refractivity contribution in [1.29, 1.82) is 0 Å². The number of aliphatic carboxylic acids is 1. The van der Waals surface area contributed by atoms with Crippen LogP contribution in [0.15, 0.2) is 54.6 Å². The molecule has 0 aliphatic carbocycles. The van der Waals surface area contributed by atoms with Crippen molar-refractivity contribution in [3.05, 3.63) is 65.7 Å². The molecule has 0 unspecified atom stereocenters. The third-order valence-electron chi connectivity index (χ3n) is 9.16. The number of aromatic hydroxyl groups is 1. The number of rotatable bonds is 20. The van der Waals surface area contributed by atoms with Gasteiger partial charge in [0.2, 0.25) is 41.4 Å². The summed E-state index contributed by atoms with van der Waals surface area (Å²) in [6.45, 7) is 1.71. The van der Waals surface area contributed by atoms with E-state index in [2.05, 4.69) is 37.2 Å². The summed E-state index contributed by atoms with van der Waals surface area (Å²) in [5.74, 6) is -7.83. The molecule has 60 heavy (non-hydrogen) atoms. The van der Waals surface area contributed by atoms with Crippen molar-refractivity contribution in [2.45, 2.75) is 101 Å². The van der Waals surface area contributed by atoms with E-state index in [-0.39, 0.29) is 18.6 Å². The topological polar surface area (TPSA) is 351 Å². The minimum absolute atomic E-state index is 0.0831. The van der Waals surface area contributed by atoms with Crippen LogP contribution in [0.3, 0.4) is 0 Å². The van der Waals surface area contributed by atoms with Crippen molar-refractivity contribution in [2.24, 2.45) is 0 Å². The standard InChI is InChI=1S/C38H51N7O15/c1-18(33(54)42-25(14-22-9-11-23(50)12-10-22)35(56)44-27(16-46)38(58)59)39-34(55)24(13-21-7-5-4-6-8-21)43-36(57)26(40-19(2)48)15-29(51)45-37-30(41-20(3)49)32(53)31(52)28(17-47)60-37/h4-12,18,24-28,30-32,37,46-47,50,52-53H,13-17H2,1-3H3,(H,39,55)(H,40,48)(H,41,49)(H,42,54)(H,43,57)(H,44,56)(H,45,51)(H,58,59)/t18-,24-,25-,26-,27-,28+,30+,31+,32+,37+/m0/s1. The maximum atomic E-state index is 13.8. The fourth-order valence-electron chi connectivity index (χ4n) is 6.04. The first-order valence-corrected chi connectivity index (χ1v) is 18.7. The van der Waals surface area contributed by atoms with E-state index in [4.69, 9.17) is 4.74 Å². The van der Waals surface area contributed by atoms with Crippen LogP contribution in [0.5, 0.6) is 5.75 Å². The van der Waals surface area contributed by atoms with E-state index >= 15 is 0 Å². The Balaban J connectivity index is 1.80. The number of carbonyl (C=O) groups is 8. The highest BCUT2D eigenvalue weighted by Crippen LogP contribution is 2.20. The first kappa shape index (κ1) is 48.2. The van der Waals surface area contributed by atoms with Crippen LogP contribution in [0.25, 0.3) is 0 Å². The van der Waals surface area contributed by atoms with Crippen molar-refractivity contribution in [3.8, 4) is 5.75 Å². The van der Waals surface area contributed by atoms with E-state index in [1.165, 1.54) is 31.2 Å². The maximum absolute atomic E-state index is 13.8. The monoisotopic (exact) mass is 845 g/mol. The molecule has 13 N–H and O–H groups in total. The van der Waals surface area contributed by atoms with Gasteiger partial charge in [-0.3, -0.25) is 33.6 Å². The number of carbonyl (C=O) groups excluding carboxylic acids is 7. The van der Waals surface area contributed by atoms with Crippen LogP contribution >= 0.6 is 0 Å². The zero-order valence-electron chi connectivity index (χ0n) is 32.9. The van der Waals surface area contributed by atoms with Gasteiger partial charge in [-0.2, -0.15) is 0 Å². The summed E-state index contributed by atoms with van der Waals surface area (Å²) in [5, 5.41) is 75.4. The third kappa shape index (κ3) is 14.6. The smallest absolute Gasteiger partial charge is 0.328 e. The van der Waals surface area contributed by atoms with Crippen LogP contribution in [0.2, 0.25) is 0 Å². The molecule has 0 spiro atoms. The number of phenolic OH excluding ortho intramolecular Hbond substituents is 1. The van der Waals surface area contributed by atoms with E-state index in [0.717, 1.165) is 13.8 Å². The summed E-state index contributed by atoms with van der Waals surface area (Å²) in [7, 11) is 0. The summed E-state index contributed by atoms with van der Waals surface area (Å²) in [6.07, 6.45) is -7.36. The van der Waals surface area contributed by atoms with Crippen molar-refractivity contribution in [2.75, 3.05) is 13.2 Å². The Kier molecular flexibility index (Phi) is 18.3. The van der Waals surface area contributed by atoms with Gasteiger partial charge in [-0.15, -0.1) is 0 Å². The van der Waals surface area contributed by atoms with Gasteiger partial charge < -0.3 is 72.6 Å². The van der Waals surface area contributed by atoms with Gasteiger partial charge in [0.25, 0.3) is 0 Å². The molecule has 2 aromatic carbocycles. The molecule has 3 rings (SSSR count). The quantitative estimate of drug-likeness (QED) is 0.0595. The molecule has 0 bridgehead atoms. The molecular formula is C38H51N7O15. The molecule has 1 aliphatic heterocycles. The number of carboxylic acids is 1. The molecule has 1 heterocycles. The SMILES string of the molecule is CC(=O)N[C@@H]1[C@@H](O)[C@H](O)[C@@H](CO)O[C@H]1NC(=O)C[C@H](NC(C)=O)C(=O)N[C@@H](Cc1ccccc1)C(=O)N[C@@H](C)C(=O)N[C@@H](Cc1ccc(O)cc1)C(=O)N[C@@H](CO)C(=O)O. The molecule has 0 aromatic heterocycles. The number of ether oxygens (including phenoxy) is 1. The number of hydrogen-bond acceptors (Lipinski definition) is 14. The van der Waals surface area contributed by atoms with Gasteiger partial charge in [-0.25, -0.2) is 4.79 Å². The molecule has 0 saturated carbocycles. The number of carboxylic acid groups (broad SMARTS) is 1. The molecule has 1 saturated heterocycles. The molecule has 10 atom stereocenters. The van der Waals surface area contributed by atoms with Gasteiger partial charge in [0.05, 0.1) is 19.6 Å². The molecule has 22 nitrogen and oxygen atoms in total. The Bertz CT molecular complexity index is 1830. The van der Waals surface area contributed by atoms with Crippen LogP contribution in [0, 0.1) is 0 Å². The number of aliphatic hydroxyl groups excluding tert-OH is 4. The highest BCUT2D eigenvalue weighted by Gasteiger charge is 2.45. The molecule has 22 heteroatoms. The van der Waals surface area contributed by atoms with Gasteiger partial charge in [-0.05, 0) is 30.2 Å². The van der Waals surface area contributed by atoms with E-state index in [0.29, 0.717) is 11.1 Å². The lowest BCUT2D eigenvalue weighted by molar-refractivity contribution is -0.203. The van der Waals surface area contributed by atoms with Crippen LogP contribution in [0.4, 0.5) is 0 Å². The highest BCUT2D eigenvalue weighted by atomic mass is 16.5. The van der Waals surface area contributed by atoms with Crippen LogP contribution in [0.1, 0.15) is 38.3 Å². The summed E-state index contributed by atoms with van der Waals surface area (Å²) in [4.78, 5) is 103. The third-order valence-corrected chi connectivity index (χ3v) is 9.16. The number of hydrogen-bond donors (Lipinski definition) is 13. The zero-order chi connectivity index (χ0) is 44.7. The van der Waals surface area contributed by atoms with Crippen molar-refractivity contribution in [1.82, 2.24) is 37.2 Å². The molecule has 1 aliphatic rings. The van der Waals surface area contributed by atoms with E-state index in [9.17, 15) is 69.0 Å². The fourth-order valence-corrected chi connectivity index (χ4v) is 6.04. The summed E-state index contributed by atoms with van der Waals surface area (Å²) in [6, 6.07) is 4.88. The van der Waals surface area contributed by atoms with Gasteiger partial charge in [-0.1, -0.05) is 42.5 Å². The second kappa shape index (κ2) is 22.8. The van der Waals surface area contributed by atoms with Gasteiger partial charge >= 0.3 is 5.97 Å². The molecular weight excluding hydrogens is 794 g/mol. The lowest BCUT2D eigenvalue weighted by atomic mass is 9.95. The Morgan fingerprint density at radius 3 is 1.72 bits per heavy atom. The van der Waals surface area contributed by atoms with Crippen molar-refractivity contribution < 1.29 is 73.7 Å². The zero-order valence-corrected chi connectivity index (χ0v) is 32.9. The van der Waals surface area contributed by atoms with Crippen molar-refractivity contribution in [3.63, 3.8) is 0 Å². The first-order valence-electron chi connectivity index (χ1n) is 18.7. The average molecular weight is 846 g/mol. The van der Waals surface area contributed by atoms with Gasteiger partial charge in [0, 0.05) is 26.7 Å². The predicted molar refractivity (Wildman–Crippen MR) is 206 cm³/mol. The van der Waals surface area contributed by atoms with Crippen LogP contribution in [-0.4, -0.2) is 152 Å². The lowest BCUT2D eigenvalue weighted by Gasteiger charge is -2.42. The minimum atomic E-state index is -1.70. The molecule has 0 radical (unpaired) electrons. The normalized spacial score (nSPS) is 21.0.